The molecule has 1 amide bonds. The van der Waals surface area contributed by atoms with Gasteiger partial charge in [-0.1, -0.05) is 6.92 Å². The summed E-state index contributed by atoms with van der Waals surface area (Å²) in [5, 5.41) is 13.2. The molecule has 6 nitrogen and oxygen atoms in total. The molecule has 2 aromatic rings. The van der Waals surface area contributed by atoms with Crippen molar-refractivity contribution in [1.29, 1.82) is 0 Å². The van der Waals surface area contributed by atoms with E-state index in [9.17, 15) is 9.59 Å². The highest BCUT2D eigenvalue weighted by molar-refractivity contribution is 7.15. The van der Waals surface area contributed by atoms with Gasteiger partial charge in [0.25, 0.3) is 11.5 Å². The molecular formula is C11H13N3O3S. The van der Waals surface area contributed by atoms with Crippen molar-refractivity contribution in [3.05, 3.63) is 33.7 Å². The predicted molar refractivity (Wildman–Crippen MR) is 67.9 cm³/mol. The molecule has 0 saturated heterocycles. The van der Waals surface area contributed by atoms with E-state index in [0.29, 0.717) is 11.5 Å². The second kappa shape index (κ2) is 5.28. The first-order valence-electron chi connectivity index (χ1n) is 5.47. The van der Waals surface area contributed by atoms with Gasteiger partial charge in [-0.2, -0.15) is 0 Å². The molecule has 0 aromatic carbocycles. The van der Waals surface area contributed by atoms with E-state index in [1.165, 1.54) is 21.9 Å². The summed E-state index contributed by atoms with van der Waals surface area (Å²) in [4.78, 5) is 28.4. The maximum Gasteiger partial charge on any atom is 0.271 e. The molecule has 96 valence electrons. The summed E-state index contributed by atoms with van der Waals surface area (Å²) in [5.41, 5.74) is -0.369. The molecule has 1 unspecified atom stereocenters. The lowest BCUT2D eigenvalue weighted by Gasteiger charge is -2.09. The van der Waals surface area contributed by atoms with Gasteiger partial charge < -0.3 is 10.4 Å². The minimum atomic E-state index is -0.464. The van der Waals surface area contributed by atoms with Crippen LogP contribution in [0, 0.1) is 5.92 Å². The van der Waals surface area contributed by atoms with Crippen LogP contribution < -0.4 is 10.9 Å². The van der Waals surface area contributed by atoms with Gasteiger partial charge in [-0.3, -0.25) is 14.0 Å². The van der Waals surface area contributed by atoms with Gasteiger partial charge in [-0.15, -0.1) is 11.3 Å². The number of carbonyl (C=O) groups is 1. The molecule has 0 aliphatic rings. The summed E-state index contributed by atoms with van der Waals surface area (Å²) in [6.07, 6.45) is 2.87. The van der Waals surface area contributed by atoms with Crippen LogP contribution >= 0.6 is 11.3 Å². The predicted octanol–water partition coefficient (Wildman–Crippen LogP) is 0.114. The standard InChI is InChI=1S/C11H13N3O3S/c1-7(6-15)4-12-9(16)8-5-13-11-14(10(8)17)2-3-18-11/h2-3,5,7,15H,4,6H2,1H3,(H,12,16). The number of fused-ring (bicyclic) bond motifs is 1. The number of rotatable bonds is 4. The first kappa shape index (κ1) is 12.7. The van der Waals surface area contributed by atoms with Crippen LogP contribution in [0.5, 0.6) is 0 Å². The lowest BCUT2D eigenvalue weighted by molar-refractivity contribution is 0.0940. The molecule has 0 saturated carbocycles. The molecule has 2 rings (SSSR count). The average molecular weight is 267 g/mol. The fraction of sp³-hybridized carbons (Fsp3) is 0.364. The van der Waals surface area contributed by atoms with Gasteiger partial charge in [-0.05, 0) is 5.92 Å². The SMILES string of the molecule is CC(CO)CNC(=O)c1cnc2sccn2c1=O. The second-order valence-corrected chi connectivity index (χ2v) is 4.90. The lowest BCUT2D eigenvalue weighted by atomic mass is 10.2. The van der Waals surface area contributed by atoms with E-state index >= 15 is 0 Å². The van der Waals surface area contributed by atoms with Crippen molar-refractivity contribution in [3.8, 4) is 0 Å². The highest BCUT2D eigenvalue weighted by Crippen LogP contribution is 2.05. The summed E-state index contributed by atoms with van der Waals surface area (Å²) in [6.45, 7) is 2.11. The van der Waals surface area contributed by atoms with Crippen LogP contribution in [0.1, 0.15) is 17.3 Å². The lowest BCUT2D eigenvalue weighted by Crippen LogP contribution is -2.34. The van der Waals surface area contributed by atoms with Crippen LogP contribution in [0.15, 0.2) is 22.6 Å². The molecule has 2 heterocycles. The van der Waals surface area contributed by atoms with E-state index in [4.69, 9.17) is 5.11 Å². The summed E-state index contributed by atoms with van der Waals surface area (Å²) in [7, 11) is 0. The van der Waals surface area contributed by atoms with Crippen molar-refractivity contribution in [2.45, 2.75) is 6.92 Å². The molecule has 1 atom stereocenters. The number of hydrogen-bond donors (Lipinski definition) is 2. The number of thiazole rings is 1. The summed E-state index contributed by atoms with van der Waals surface area (Å²) in [5.74, 6) is -0.511. The Balaban J connectivity index is 2.23. The maximum absolute atomic E-state index is 12.0. The molecule has 2 N–H and O–H groups in total. The Kier molecular flexibility index (Phi) is 3.73. The Morgan fingerprint density at radius 3 is 3.17 bits per heavy atom. The van der Waals surface area contributed by atoms with Crippen molar-refractivity contribution in [1.82, 2.24) is 14.7 Å². The smallest absolute Gasteiger partial charge is 0.271 e. The zero-order chi connectivity index (χ0) is 13.1. The maximum atomic E-state index is 12.0. The van der Waals surface area contributed by atoms with Crippen molar-refractivity contribution < 1.29 is 9.90 Å². The van der Waals surface area contributed by atoms with Crippen LogP contribution in [-0.4, -0.2) is 33.6 Å². The molecule has 0 spiro atoms. The average Bonchev–Trinajstić information content (AvgIpc) is 2.85. The van der Waals surface area contributed by atoms with E-state index in [-0.39, 0.29) is 23.6 Å². The number of aromatic nitrogens is 2. The normalized spacial score (nSPS) is 12.6. The fourth-order valence-electron chi connectivity index (χ4n) is 1.41. The number of nitrogens with zero attached hydrogens (tertiary/aromatic N) is 2. The van der Waals surface area contributed by atoms with Crippen LogP contribution in [0.3, 0.4) is 0 Å². The van der Waals surface area contributed by atoms with Crippen LogP contribution in [-0.2, 0) is 0 Å². The molecule has 7 heteroatoms. The minimum Gasteiger partial charge on any atom is -0.396 e. The third kappa shape index (κ3) is 2.41. The quantitative estimate of drug-likeness (QED) is 0.824. The monoisotopic (exact) mass is 267 g/mol. The highest BCUT2D eigenvalue weighted by atomic mass is 32.1. The van der Waals surface area contributed by atoms with Gasteiger partial charge >= 0.3 is 0 Å². The van der Waals surface area contributed by atoms with E-state index in [2.05, 4.69) is 10.3 Å². The van der Waals surface area contributed by atoms with Gasteiger partial charge in [0.15, 0.2) is 4.96 Å². The van der Waals surface area contributed by atoms with Crippen molar-refractivity contribution >= 4 is 22.2 Å². The minimum absolute atomic E-state index is 0.0102. The summed E-state index contributed by atoms with van der Waals surface area (Å²) in [6, 6.07) is 0. The van der Waals surface area contributed by atoms with Crippen LogP contribution in [0.2, 0.25) is 0 Å². The number of carbonyl (C=O) groups excluding carboxylic acids is 1. The third-order valence-electron chi connectivity index (χ3n) is 2.51. The molecule has 0 bridgehead atoms. The number of aliphatic hydroxyl groups is 1. The summed E-state index contributed by atoms with van der Waals surface area (Å²) < 4.78 is 1.34. The van der Waals surface area contributed by atoms with Gasteiger partial charge in [0.2, 0.25) is 0 Å². The topological polar surface area (TPSA) is 83.7 Å². The first-order valence-corrected chi connectivity index (χ1v) is 6.35. The summed E-state index contributed by atoms with van der Waals surface area (Å²) >= 11 is 1.33. The Morgan fingerprint density at radius 1 is 1.67 bits per heavy atom. The Hall–Kier alpha value is -1.73. The van der Waals surface area contributed by atoms with Gasteiger partial charge in [-0.25, -0.2) is 4.98 Å². The van der Waals surface area contributed by atoms with Crippen LogP contribution in [0.25, 0.3) is 4.96 Å². The Labute approximate surface area is 107 Å². The number of hydrogen-bond acceptors (Lipinski definition) is 5. The highest BCUT2D eigenvalue weighted by Gasteiger charge is 2.14. The zero-order valence-corrected chi connectivity index (χ0v) is 10.6. The molecule has 18 heavy (non-hydrogen) atoms. The van der Waals surface area contributed by atoms with Crippen LogP contribution in [0.4, 0.5) is 0 Å². The van der Waals surface area contributed by atoms with Crippen molar-refractivity contribution in [3.63, 3.8) is 0 Å². The zero-order valence-electron chi connectivity index (χ0n) is 9.79. The number of nitrogens with one attached hydrogen (secondary N) is 1. The first-order chi connectivity index (χ1) is 8.63. The molecule has 2 aromatic heterocycles. The molecule has 0 aliphatic heterocycles. The van der Waals surface area contributed by atoms with E-state index < -0.39 is 5.91 Å². The fourth-order valence-corrected chi connectivity index (χ4v) is 2.08. The van der Waals surface area contributed by atoms with Crippen molar-refractivity contribution in [2.75, 3.05) is 13.2 Å². The molecular weight excluding hydrogens is 254 g/mol. The largest absolute Gasteiger partial charge is 0.396 e. The van der Waals surface area contributed by atoms with E-state index in [1.54, 1.807) is 18.5 Å². The molecule has 0 fully saturated rings. The molecule has 0 aliphatic carbocycles. The van der Waals surface area contributed by atoms with E-state index in [0.717, 1.165) is 0 Å². The van der Waals surface area contributed by atoms with Gasteiger partial charge in [0.1, 0.15) is 5.56 Å². The Bertz CT molecular complexity index is 619. The second-order valence-electron chi connectivity index (χ2n) is 4.03. The van der Waals surface area contributed by atoms with Gasteiger partial charge in [0, 0.05) is 30.9 Å². The van der Waals surface area contributed by atoms with Gasteiger partial charge in [0.05, 0.1) is 0 Å². The Morgan fingerprint density at radius 2 is 2.44 bits per heavy atom. The molecule has 0 radical (unpaired) electrons. The number of amides is 1. The number of aliphatic hydroxyl groups excluding tert-OH is 1. The third-order valence-corrected chi connectivity index (χ3v) is 3.28. The van der Waals surface area contributed by atoms with Crippen molar-refractivity contribution in [2.24, 2.45) is 5.92 Å². The van der Waals surface area contributed by atoms with E-state index in [1.807, 2.05) is 0 Å².